The molecule has 0 radical (unpaired) electrons. The first kappa shape index (κ1) is 16.2. The molecule has 0 aliphatic heterocycles. The van der Waals surface area contributed by atoms with Crippen LogP contribution in [-0.2, 0) is 0 Å². The third kappa shape index (κ3) is 5.31. The molecule has 0 aromatic heterocycles. The number of hydrogen-bond donors (Lipinski definition) is 1. The third-order valence-corrected chi connectivity index (χ3v) is 3.76. The molecule has 0 bridgehead atoms. The summed E-state index contributed by atoms with van der Waals surface area (Å²) in [5.41, 5.74) is 0.0970. The van der Waals surface area contributed by atoms with Crippen molar-refractivity contribution in [2.24, 2.45) is 5.92 Å². The molecule has 1 N–H and O–H groups in total. The maximum absolute atomic E-state index is 13.5. The van der Waals surface area contributed by atoms with Gasteiger partial charge in [-0.3, -0.25) is 4.79 Å². The minimum absolute atomic E-state index is 0.0970. The first-order chi connectivity index (χ1) is 9.08. The summed E-state index contributed by atoms with van der Waals surface area (Å²) < 4.78 is 14.3. The van der Waals surface area contributed by atoms with Crippen LogP contribution in [0.15, 0.2) is 22.7 Å². The van der Waals surface area contributed by atoms with E-state index in [0.717, 1.165) is 19.3 Å². The summed E-state index contributed by atoms with van der Waals surface area (Å²) in [5.74, 6) is -0.352. The van der Waals surface area contributed by atoms with Crippen LogP contribution in [0.25, 0.3) is 0 Å². The molecular weight excluding hydrogens is 309 g/mol. The number of carbonyl (C=O) groups excluding carboxylic acids is 1. The van der Waals surface area contributed by atoms with Crippen LogP contribution in [0.2, 0.25) is 0 Å². The topological polar surface area (TPSA) is 29.1 Å². The van der Waals surface area contributed by atoms with E-state index in [0.29, 0.717) is 16.9 Å². The Morgan fingerprint density at radius 1 is 1.42 bits per heavy atom. The van der Waals surface area contributed by atoms with E-state index < -0.39 is 5.82 Å². The number of halogens is 2. The van der Waals surface area contributed by atoms with Crippen molar-refractivity contribution >= 4 is 21.8 Å². The maximum atomic E-state index is 13.5. The second-order valence-corrected chi connectivity index (χ2v) is 5.67. The molecule has 4 heteroatoms. The van der Waals surface area contributed by atoms with Crippen LogP contribution in [0.4, 0.5) is 4.39 Å². The van der Waals surface area contributed by atoms with E-state index in [9.17, 15) is 9.18 Å². The second-order valence-electron chi connectivity index (χ2n) is 4.75. The predicted octanol–water partition coefficient (Wildman–Crippen LogP) is 4.53. The normalized spacial score (nSPS) is 12.2. The molecule has 2 nitrogen and oxygen atoms in total. The van der Waals surface area contributed by atoms with Crippen molar-refractivity contribution in [2.75, 3.05) is 6.54 Å². The molecule has 1 unspecified atom stereocenters. The van der Waals surface area contributed by atoms with E-state index in [2.05, 4.69) is 35.1 Å². The monoisotopic (exact) mass is 329 g/mol. The molecule has 19 heavy (non-hydrogen) atoms. The molecule has 0 aliphatic carbocycles. The first-order valence-electron chi connectivity index (χ1n) is 6.81. The zero-order valence-corrected chi connectivity index (χ0v) is 13.1. The van der Waals surface area contributed by atoms with E-state index >= 15 is 0 Å². The van der Waals surface area contributed by atoms with Crippen molar-refractivity contribution in [2.45, 2.75) is 39.5 Å². The molecule has 1 atom stereocenters. The lowest BCUT2D eigenvalue weighted by molar-refractivity contribution is 0.0941. The summed E-state index contributed by atoms with van der Waals surface area (Å²) in [7, 11) is 0. The number of amides is 1. The van der Waals surface area contributed by atoms with Gasteiger partial charge in [-0.05, 0) is 30.5 Å². The standard InChI is InChI=1S/C15H21BrFNO/c1-3-5-6-11(4-2)10-18-15(19)13-9-12(16)7-8-14(13)17/h7-9,11H,3-6,10H2,1-2H3,(H,18,19). The molecule has 0 spiro atoms. The number of rotatable bonds is 7. The van der Waals surface area contributed by atoms with Gasteiger partial charge in [-0.2, -0.15) is 0 Å². The minimum atomic E-state index is -0.484. The zero-order valence-electron chi connectivity index (χ0n) is 11.5. The van der Waals surface area contributed by atoms with Crippen molar-refractivity contribution in [3.8, 4) is 0 Å². The van der Waals surface area contributed by atoms with Gasteiger partial charge in [-0.25, -0.2) is 4.39 Å². The van der Waals surface area contributed by atoms with Gasteiger partial charge >= 0.3 is 0 Å². The van der Waals surface area contributed by atoms with Gasteiger partial charge in [0.25, 0.3) is 5.91 Å². The van der Waals surface area contributed by atoms with Gasteiger partial charge in [0.2, 0.25) is 0 Å². The summed E-state index contributed by atoms with van der Waals surface area (Å²) in [4.78, 5) is 11.9. The summed E-state index contributed by atoms with van der Waals surface area (Å²) in [5, 5.41) is 2.83. The van der Waals surface area contributed by atoms with Gasteiger partial charge in [0.15, 0.2) is 0 Å². The quantitative estimate of drug-likeness (QED) is 0.782. The number of carbonyl (C=O) groups is 1. The van der Waals surface area contributed by atoms with Gasteiger partial charge in [0, 0.05) is 11.0 Å². The predicted molar refractivity (Wildman–Crippen MR) is 79.7 cm³/mol. The molecule has 0 saturated heterocycles. The van der Waals surface area contributed by atoms with Gasteiger partial charge in [0.05, 0.1) is 5.56 Å². The van der Waals surface area contributed by atoms with Crippen molar-refractivity contribution < 1.29 is 9.18 Å². The molecule has 0 aliphatic rings. The first-order valence-corrected chi connectivity index (χ1v) is 7.61. The number of unbranched alkanes of at least 4 members (excludes halogenated alkanes) is 1. The molecule has 1 rings (SSSR count). The average Bonchev–Trinajstić information content (AvgIpc) is 2.41. The summed E-state index contributed by atoms with van der Waals surface area (Å²) >= 11 is 3.25. The third-order valence-electron chi connectivity index (χ3n) is 3.27. The van der Waals surface area contributed by atoms with Crippen LogP contribution >= 0.6 is 15.9 Å². The highest BCUT2D eigenvalue weighted by Crippen LogP contribution is 2.16. The molecule has 106 valence electrons. The Labute approximate surface area is 122 Å². The largest absolute Gasteiger partial charge is 0.352 e. The molecule has 0 heterocycles. The molecule has 1 amide bonds. The lowest BCUT2D eigenvalue weighted by Crippen LogP contribution is -2.29. The Morgan fingerprint density at radius 2 is 2.16 bits per heavy atom. The van der Waals surface area contributed by atoms with Crippen LogP contribution in [0, 0.1) is 11.7 Å². The van der Waals surface area contributed by atoms with Crippen molar-refractivity contribution in [1.29, 1.82) is 0 Å². The highest BCUT2D eigenvalue weighted by Gasteiger charge is 2.13. The Balaban J connectivity index is 2.56. The summed E-state index contributed by atoms with van der Waals surface area (Å²) in [6.45, 7) is 4.88. The van der Waals surface area contributed by atoms with E-state index in [4.69, 9.17) is 0 Å². The number of hydrogen-bond acceptors (Lipinski definition) is 1. The fourth-order valence-corrected chi connectivity index (χ4v) is 2.31. The fraction of sp³-hybridized carbons (Fsp3) is 0.533. The molecule has 0 fully saturated rings. The van der Waals surface area contributed by atoms with E-state index in [1.165, 1.54) is 18.6 Å². The molecular formula is C15H21BrFNO. The van der Waals surface area contributed by atoms with Gasteiger partial charge < -0.3 is 5.32 Å². The van der Waals surface area contributed by atoms with Crippen LogP contribution in [0.5, 0.6) is 0 Å². The number of benzene rings is 1. The van der Waals surface area contributed by atoms with Crippen molar-refractivity contribution in [3.05, 3.63) is 34.1 Å². The summed E-state index contributed by atoms with van der Waals surface area (Å²) in [6.07, 6.45) is 4.46. The number of nitrogens with one attached hydrogen (secondary N) is 1. The lowest BCUT2D eigenvalue weighted by atomic mass is 9.99. The van der Waals surface area contributed by atoms with Crippen LogP contribution in [0.1, 0.15) is 49.9 Å². The molecule has 0 saturated carbocycles. The smallest absolute Gasteiger partial charge is 0.254 e. The average molecular weight is 330 g/mol. The molecule has 1 aromatic rings. The summed E-state index contributed by atoms with van der Waals surface area (Å²) in [6, 6.07) is 4.40. The van der Waals surface area contributed by atoms with Gasteiger partial charge in [-0.1, -0.05) is 49.0 Å². The van der Waals surface area contributed by atoms with E-state index in [1.807, 2.05) is 0 Å². The second kappa shape index (κ2) is 8.31. The minimum Gasteiger partial charge on any atom is -0.352 e. The van der Waals surface area contributed by atoms with Crippen molar-refractivity contribution in [3.63, 3.8) is 0 Å². The van der Waals surface area contributed by atoms with E-state index in [-0.39, 0.29) is 11.5 Å². The Kier molecular flexibility index (Phi) is 7.06. The molecule has 1 aromatic carbocycles. The van der Waals surface area contributed by atoms with Gasteiger partial charge in [0.1, 0.15) is 5.82 Å². The Bertz CT molecular complexity index is 423. The fourth-order valence-electron chi connectivity index (χ4n) is 1.95. The van der Waals surface area contributed by atoms with Crippen LogP contribution < -0.4 is 5.32 Å². The van der Waals surface area contributed by atoms with Crippen molar-refractivity contribution in [1.82, 2.24) is 5.32 Å². The Hall–Kier alpha value is -0.900. The lowest BCUT2D eigenvalue weighted by Gasteiger charge is -2.15. The van der Waals surface area contributed by atoms with Crippen LogP contribution in [0.3, 0.4) is 0 Å². The highest BCUT2D eigenvalue weighted by molar-refractivity contribution is 9.10. The van der Waals surface area contributed by atoms with Crippen LogP contribution in [-0.4, -0.2) is 12.5 Å². The maximum Gasteiger partial charge on any atom is 0.254 e. The highest BCUT2D eigenvalue weighted by atomic mass is 79.9. The Morgan fingerprint density at radius 3 is 2.79 bits per heavy atom. The van der Waals surface area contributed by atoms with Gasteiger partial charge in [-0.15, -0.1) is 0 Å². The SMILES string of the molecule is CCCCC(CC)CNC(=O)c1cc(Br)ccc1F. The van der Waals surface area contributed by atoms with E-state index in [1.54, 1.807) is 6.07 Å². The zero-order chi connectivity index (χ0) is 14.3.